The van der Waals surface area contributed by atoms with Crippen LogP contribution in [0, 0.1) is 0 Å². The van der Waals surface area contributed by atoms with Crippen molar-refractivity contribution in [2.45, 2.75) is 24.7 Å². The second-order valence-corrected chi connectivity index (χ2v) is 9.97. The quantitative estimate of drug-likeness (QED) is 0.353. The molecule has 9 heteroatoms. The number of benzene rings is 3. The van der Waals surface area contributed by atoms with Gasteiger partial charge in [0.05, 0.1) is 24.3 Å². The molecule has 3 aromatic rings. The summed E-state index contributed by atoms with van der Waals surface area (Å²) in [4.78, 5) is 12.9. The number of hydrogen-bond donors (Lipinski definition) is 1. The summed E-state index contributed by atoms with van der Waals surface area (Å²) in [7, 11) is -2.63. The topological polar surface area (TPSA) is 84.9 Å². The normalized spacial score (nSPS) is 11.1. The number of halogens is 1. The van der Waals surface area contributed by atoms with Gasteiger partial charge in [0.2, 0.25) is 5.91 Å². The first kappa shape index (κ1) is 26.4. The van der Waals surface area contributed by atoms with E-state index in [2.05, 4.69) is 5.32 Å². The van der Waals surface area contributed by atoms with Crippen molar-refractivity contribution >= 4 is 33.2 Å². The van der Waals surface area contributed by atoms with Crippen molar-refractivity contribution in [1.29, 1.82) is 0 Å². The Labute approximate surface area is 211 Å². The Kier molecular flexibility index (Phi) is 9.39. The van der Waals surface area contributed by atoms with E-state index in [1.807, 2.05) is 31.2 Å². The van der Waals surface area contributed by atoms with Crippen LogP contribution < -0.4 is 19.1 Å². The van der Waals surface area contributed by atoms with E-state index in [1.54, 1.807) is 30.3 Å². The monoisotopic (exact) mass is 516 g/mol. The molecule has 0 radical (unpaired) electrons. The average Bonchev–Trinajstić information content (AvgIpc) is 2.86. The van der Waals surface area contributed by atoms with Gasteiger partial charge in [0.1, 0.15) is 18.0 Å². The van der Waals surface area contributed by atoms with E-state index in [0.717, 1.165) is 22.0 Å². The zero-order chi connectivity index (χ0) is 25.3. The lowest BCUT2D eigenvalue weighted by molar-refractivity contribution is -0.119. The molecule has 35 heavy (non-hydrogen) atoms. The Hall–Kier alpha value is -3.23. The third-order valence-electron chi connectivity index (χ3n) is 5.23. The summed E-state index contributed by atoms with van der Waals surface area (Å²) in [6, 6.07) is 20.4. The second-order valence-electron chi connectivity index (χ2n) is 7.67. The number of carbonyl (C=O) groups excluding carboxylic acids is 1. The van der Waals surface area contributed by atoms with Gasteiger partial charge in [-0.15, -0.1) is 0 Å². The number of nitrogens with zero attached hydrogens (tertiary/aromatic N) is 1. The van der Waals surface area contributed by atoms with Gasteiger partial charge in [-0.1, -0.05) is 41.9 Å². The lowest BCUT2D eigenvalue weighted by Gasteiger charge is -2.26. The van der Waals surface area contributed by atoms with Crippen molar-refractivity contribution in [3.63, 3.8) is 0 Å². The Morgan fingerprint density at radius 1 is 1.03 bits per heavy atom. The number of sulfonamides is 1. The third-order valence-corrected chi connectivity index (χ3v) is 7.24. The summed E-state index contributed by atoms with van der Waals surface area (Å²) in [5, 5.41) is 3.14. The third kappa shape index (κ3) is 7.13. The maximum atomic E-state index is 13.5. The van der Waals surface area contributed by atoms with Gasteiger partial charge in [-0.2, -0.15) is 0 Å². The average molecular weight is 517 g/mol. The standard InChI is InChI=1S/C26H29ClN2O5S/c1-3-34-22-14-11-20(12-15-22)8-7-17-28-26(30)19-29(24-18-21(27)13-16-25(24)33-2)35(31,32)23-9-5-4-6-10-23/h4-6,9-16,18H,3,7-8,17,19H2,1-2H3,(H,28,30). The van der Waals surface area contributed by atoms with Crippen LogP contribution in [0.2, 0.25) is 5.02 Å². The highest BCUT2D eigenvalue weighted by Crippen LogP contribution is 2.34. The minimum Gasteiger partial charge on any atom is -0.495 e. The van der Waals surface area contributed by atoms with E-state index in [9.17, 15) is 13.2 Å². The number of aryl methyl sites for hydroxylation is 1. The SMILES string of the molecule is CCOc1ccc(CCCNC(=O)CN(c2cc(Cl)ccc2OC)S(=O)(=O)c2ccccc2)cc1. The van der Waals surface area contributed by atoms with Crippen LogP contribution in [0.25, 0.3) is 0 Å². The molecule has 0 saturated carbocycles. The fourth-order valence-electron chi connectivity index (χ4n) is 3.50. The molecule has 0 fully saturated rings. The van der Waals surface area contributed by atoms with Crippen molar-refractivity contribution in [1.82, 2.24) is 5.32 Å². The number of nitrogens with one attached hydrogen (secondary N) is 1. The van der Waals surface area contributed by atoms with Gasteiger partial charge in [-0.05, 0) is 67.8 Å². The number of hydrogen-bond acceptors (Lipinski definition) is 5. The van der Waals surface area contributed by atoms with Crippen LogP contribution >= 0.6 is 11.6 Å². The second kappa shape index (κ2) is 12.5. The molecule has 1 amide bonds. The molecule has 0 atom stereocenters. The number of rotatable bonds is 12. The highest BCUT2D eigenvalue weighted by Gasteiger charge is 2.29. The lowest BCUT2D eigenvalue weighted by Crippen LogP contribution is -2.41. The van der Waals surface area contributed by atoms with E-state index in [0.29, 0.717) is 24.6 Å². The van der Waals surface area contributed by atoms with E-state index < -0.39 is 22.5 Å². The molecule has 1 N–H and O–H groups in total. The predicted molar refractivity (Wildman–Crippen MR) is 138 cm³/mol. The van der Waals surface area contributed by atoms with Crippen LogP contribution in [0.1, 0.15) is 18.9 Å². The predicted octanol–water partition coefficient (Wildman–Crippen LogP) is 4.69. The number of methoxy groups -OCH3 is 1. The summed E-state index contributed by atoms with van der Waals surface area (Å²) in [5.41, 5.74) is 1.31. The zero-order valence-corrected chi connectivity index (χ0v) is 21.3. The highest BCUT2D eigenvalue weighted by molar-refractivity contribution is 7.92. The molecule has 0 saturated heterocycles. The molecule has 0 aliphatic carbocycles. The van der Waals surface area contributed by atoms with Gasteiger partial charge in [0, 0.05) is 11.6 Å². The fourth-order valence-corrected chi connectivity index (χ4v) is 5.11. The van der Waals surface area contributed by atoms with Crippen LogP contribution in [0.15, 0.2) is 77.7 Å². The summed E-state index contributed by atoms with van der Waals surface area (Å²) in [6.45, 7) is 2.53. The first-order chi connectivity index (χ1) is 16.8. The fraction of sp³-hybridized carbons (Fsp3) is 0.269. The summed E-state index contributed by atoms with van der Waals surface area (Å²) < 4.78 is 38.8. The number of ether oxygens (including phenoxy) is 2. The molecule has 3 aromatic carbocycles. The smallest absolute Gasteiger partial charge is 0.264 e. The Morgan fingerprint density at radius 3 is 2.40 bits per heavy atom. The maximum Gasteiger partial charge on any atom is 0.264 e. The molecule has 0 aliphatic rings. The van der Waals surface area contributed by atoms with E-state index in [-0.39, 0.29) is 16.3 Å². The van der Waals surface area contributed by atoms with Crippen LogP contribution in [-0.2, 0) is 21.2 Å². The Bertz CT molecular complexity index is 1220. The molecule has 186 valence electrons. The van der Waals surface area contributed by atoms with Crippen LogP contribution in [0.3, 0.4) is 0 Å². The van der Waals surface area contributed by atoms with Gasteiger partial charge < -0.3 is 14.8 Å². The maximum absolute atomic E-state index is 13.5. The number of carbonyl (C=O) groups is 1. The Morgan fingerprint density at radius 2 is 1.74 bits per heavy atom. The molecule has 3 rings (SSSR count). The van der Waals surface area contributed by atoms with Crippen molar-refractivity contribution in [3.05, 3.63) is 83.4 Å². The molecule has 0 unspecified atom stereocenters. The molecular weight excluding hydrogens is 488 g/mol. The minimum absolute atomic E-state index is 0.0605. The Balaban J connectivity index is 1.71. The van der Waals surface area contributed by atoms with Gasteiger partial charge in [0.15, 0.2) is 0 Å². The molecule has 0 aromatic heterocycles. The molecular formula is C26H29ClN2O5S. The van der Waals surface area contributed by atoms with Crippen LogP contribution in [0.5, 0.6) is 11.5 Å². The number of amides is 1. The van der Waals surface area contributed by atoms with Crippen molar-refractivity contribution in [3.8, 4) is 11.5 Å². The number of anilines is 1. The van der Waals surface area contributed by atoms with Crippen molar-refractivity contribution < 1.29 is 22.7 Å². The van der Waals surface area contributed by atoms with Gasteiger partial charge >= 0.3 is 0 Å². The van der Waals surface area contributed by atoms with E-state index >= 15 is 0 Å². The first-order valence-electron chi connectivity index (χ1n) is 11.2. The zero-order valence-electron chi connectivity index (χ0n) is 19.7. The van der Waals surface area contributed by atoms with Crippen molar-refractivity contribution in [2.24, 2.45) is 0 Å². The van der Waals surface area contributed by atoms with E-state index in [1.165, 1.54) is 25.3 Å². The molecule has 7 nitrogen and oxygen atoms in total. The summed E-state index contributed by atoms with van der Waals surface area (Å²) in [6.07, 6.45) is 1.46. The van der Waals surface area contributed by atoms with Crippen LogP contribution in [0.4, 0.5) is 5.69 Å². The molecule has 0 bridgehead atoms. The summed E-state index contributed by atoms with van der Waals surface area (Å²) in [5.74, 6) is 0.677. The first-order valence-corrected chi connectivity index (χ1v) is 13.1. The largest absolute Gasteiger partial charge is 0.495 e. The summed E-state index contributed by atoms with van der Waals surface area (Å²) >= 11 is 6.15. The van der Waals surface area contributed by atoms with Crippen LogP contribution in [-0.4, -0.2) is 41.1 Å². The van der Waals surface area contributed by atoms with E-state index in [4.69, 9.17) is 21.1 Å². The molecule has 0 heterocycles. The van der Waals surface area contributed by atoms with Crippen molar-refractivity contribution in [2.75, 3.05) is 31.1 Å². The highest BCUT2D eigenvalue weighted by atomic mass is 35.5. The van der Waals surface area contributed by atoms with Gasteiger partial charge in [0.25, 0.3) is 10.0 Å². The molecule has 0 aliphatic heterocycles. The molecule has 0 spiro atoms. The lowest BCUT2D eigenvalue weighted by atomic mass is 10.1. The van der Waals surface area contributed by atoms with Gasteiger partial charge in [-0.25, -0.2) is 8.42 Å². The minimum atomic E-state index is -4.06. The van der Waals surface area contributed by atoms with Gasteiger partial charge in [-0.3, -0.25) is 9.10 Å².